The molecule has 1 fully saturated rings. The van der Waals surface area contributed by atoms with Crippen LogP contribution >= 0.6 is 15.9 Å². The van der Waals surface area contributed by atoms with Gasteiger partial charge in [-0.2, -0.15) is 0 Å². The van der Waals surface area contributed by atoms with Gasteiger partial charge in [0.2, 0.25) is 0 Å². The molecule has 0 spiro atoms. The van der Waals surface area contributed by atoms with Crippen molar-refractivity contribution in [3.8, 4) is 0 Å². The largest absolute Gasteiger partial charge is 0.444 e. The predicted molar refractivity (Wildman–Crippen MR) is 87.8 cm³/mol. The number of rotatable bonds is 1. The van der Waals surface area contributed by atoms with Crippen LogP contribution in [-0.4, -0.2) is 53.6 Å². The molecule has 1 aliphatic heterocycles. The molecule has 0 radical (unpaired) electrons. The van der Waals surface area contributed by atoms with E-state index in [1.165, 1.54) is 9.80 Å². The number of carbonyl (C=O) groups excluding carboxylic acids is 2. The Morgan fingerprint density at radius 1 is 1.04 bits per heavy atom. The molecule has 8 heteroatoms. The lowest BCUT2D eigenvalue weighted by atomic mass is 10.1. The van der Waals surface area contributed by atoms with Crippen LogP contribution in [0.5, 0.6) is 0 Å². The summed E-state index contributed by atoms with van der Waals surface area (Å²) >= 11 is 2.95. The van der Waals surface area contributed by atoms with E-state index in [2.05, 4.69) is 15.9 Å². The zero-order valence-corrected chi connectivity index (χ0v) is 15.3. The maximum atomic E-state index is 13.8. The molecule has 1 saturated heterocycles. The highest BCUT2D eigenvalue weighted by Gasteiger charge is 2.29. The van der Waals surface area contributed by atoms with Gasteiger partial charge in [-0.15, -0.1) is 0 Å². The van der Waals surface area contributed by atoms with Gasteiger partial charge in [-0.25, -0.2) is 13.6 Å². The van der Waals surface area contributed by atoms with Crippen molar-refractivity contribution in [2.45, 2.75) is 26.4 Å². The van der Waals surface area contributed by atoms with Gasteiger partial charge in [-0.3, -0.25) is 4.79 Å². The molecular formula is C16H19BrF2N2O3. The van der Waals surface area contributed by atoms with Gasteiger partial charge >= 0.3 is 6.09 Å². The maximum absolute atomic E-state index is 13.8. The highest BCUT2D eigenvalue weighted by atomic mass is 79.9. The standard InChI is InChI=1S/C16H19BrF2N2O3/c1-16(2,3)24-15(23)21-6-4-20(5-7-21)14(22)10-8-11(17)13(19)9-12(10)18/h8-9H,4-7H2,1-3H3. The number of hydrogen-bond acceptors (Lipinski definition) is 3. The molecular weight excluding hydrogens is 386 g/mol. The summed E-state index contributed by atoms with van der Waals surface area (Å²) < 4.78 is 32.4. The summed E-state index contributed by atoms with van der Waals surface area (Å²) in [6, 6.07) is 1.81. The molecule has 1 aromatic rings. The number of halogens is 3. The number of hydrogen-bond donors (Lipinski definition) is 0. The zero-order valence-electron chi connectivity index (χ0n) is 13.7. The lowest BCUT2D eigenvalue weighted by molar-refractivity contribution is 0.0140. The van der Waals surface area contributed by atoms with Crippen LogP contribution in [-0.2, 0) is 4.74 Å². The summed E-state index contributed by atoms with van der Waals surface area (Å²) in [5, 5.41) is 0. The second-order valence-electron chi connectivity index (χ2n) is 6.51. The monoisotopic (exact) mass is 404 g/mol. The Morgan fingerprint density at radius 2 is 1.58 bits per heavy atom. The first-order valence-electron chi connectivity index (χ1n) is 7.50. The number of benzene rings is 1. The Labute approximate surface area is 147 Å². The van der Waals surface area contributed by atoms with Crippen LogP contribution in [0, 0.1) is 11.6 Å². The normalized spacial score (nSPS) is 15.4. The Morgan fingerprint density at radius 3 is 2.12 bits per heavy atom. The molecule has 0 bridgehead atoms. The van der Waals surface area contributed by atoms with Crippen molar-refractivity contribution in [3.05, 3.63) is 33.8 Å². The second-order valence-corrected chi connectivity index (χ2v) is 7.36. The minimum absolute atomic E-state index is 0.0274. The first kappa shape index (κ1) is 18.6. The van der Waals surface area contributed by atoms with Crippen LogP contribution in [0.4, 0.5) is 13.6 Å². The first-order chi connectivity index (χ1) is 11.1. The Balaban J connectivity index is 2.01. The molecule has 2 rings (SSSR count). The summed E-state index contributed by atoms with van der Waals surface area (Å²) in [7, 11) is 0. The summed E-state index contributed by atoms with van der Waals surface area (Å²) in [5.41, 5.74) is -0.790. The molecule has 132 valence electrons. The van der Waals surface area contributed by atoms with Gasteiger partial charge < -0.3 is 14.5 Å². The lowest BCUT2D eigenvalue weighted by Crippen LogP contribution is -2.51. The van der Waals surface area contributed by atoms with Crippen LogP contribution in [0.1, 0.15) is 31.1 Å². The van der Waals surface area contributed by atoms with Gasteiger partial charge in [0.15, 0.2) is 0 Å². The van der Waals surface area contributed by atoms with Crippen molar-refractivity contribution in [1.29, 1.82) is 0 Å². The van der Waals surface area contributed by atoms with E-state index >= 15 is 0 Å². The van der Waals surface area contributed by atoms with E-state index in [1.54, 1.807) is 20.8 Å². The highest BCUT2D eigenvalue weighted by Crippen LogP contribution is 2.22. The fraction of sp³-hybridized carbons (Fsp3) is 0.500. The van der Waals surface area contributed by atoms with Gasteiger partial charge in [-0.1, -0.05) is 0 Å². The van der Waals surface area contributed by atoms with Gasteiger partial charge in [0, 0.05) is 32.2 Å². The number of carbonyl (C=O) groups is 2. The third kappa shape index (κ3) is 4.43. The number of piperazine rings is 1. The first-order valence-corrected chi connectivity index (χ1v) is 8.29. The highest BCUT2D eigenvalue weighted by molar-refractivity contribution is 9.10. The van der Waals surface area contributed by atoms with Gasteiger partial charge in [0.25, 0.3) is 5.91 Å². The second kappa shape index (κ2) is 7.04. The third-order valence-corrected chi connectivity index (χ3v) is 4.07. The lowest BCUT2D eigenvalue weighted by Gasteiger charge is -2.35. The Bertz CT molecular complexity index is 653. The molecule has 0 atom stereocenters. The fourth-order valence-corrected chi connectivity index (χ4v) is 2.62. The zero-order chi connectivity index (χ0) is 18.1. The quantitative estimate of drug-likeness (QED) is 0.673. The van der Waals surface area contributed by atoms with Gasteiger partial charge in [0.05, 0.1) is 10.0 Å². The Kier molecular flexibility index (Phi) is 5.47. The van der Waals surface area contributed by atoms with Crippen molar-refractivity contribution in [3.63, 3.8) is 0 Å². The fourth-order valence-electron chi connectivity index (χ4n) is 2.28. The molecule has 1 aliphatic rings. The average molecular weight is 405 g/mol. The molecule has 24 heavy (non-hydrogen) atoms. The van der Waals surface area contributed by atoms with E-state index in [1.807, 2.05) is 0 Å². The van der Waals surface area contributed by atoms with Crippen molar-refractivity contribution in [2.24, 2.45) is 0 Å². The van der Waals surface area contributed by atoms with Gasteiger partial charge in [-0.05, 0) is 42.8 Å². The van der Waals surface area contributed by atoms with Crippen LogP contribution in [0.25, 0.3) is 0 Å². The van der Waals surface area contributed by atoms with E-state index in [4.69, 9.17) is 4.74 Å². The summed E-state index contributed by atoms with van der Waals surface area (Å²) in [6.07, 6.45) is -0.440. The molecule has 5 nitrogen and oxygen atoms in total. The van der Waals surface area contributed by atoms with E-state index in [-0.39, 0.29) is 23.1 Å². The van der Waals surface area contributed by atoms with Crippen molar-refractivity contribution < 1.29 is 23.1 Å². The SMILES string of the molecule is CC(C)(C)OC(=O)N1CCN(C(=O)c2cc(Br)c(F)cc2F)CC1. The smallest absolute Gasteiger partial charge is 0.410 e. The maximum Gasteiger partial charge on any atom is 0.410 e. The van der Waals surface area contributed by atoms with Crippen LogP contribution in [0.3, 0.4) is 0 Å². The molecule has 0 unspecified atom stereocenters. The average Bonchev–Trinajstić information content (AvgIpc) is 2.49. The minimum atomic E-state index is -0.907. The van der Waals surface area contributed by atoms with E-state index in [0.717, 1.165) is 6.07 Å². The van der Waals surface area contributed by atoms with Crippen molar-refractivity contribution >= 4 is 27.9 Å². The van der Waals surface area contributed by atoms with Gasteiger partial charge in [0.1, 0.15) is 17.2 Å². The molecule has 0 N–H and O–H groups in total. The number of nitrogens with zero attached hydrogens (tertiary/aromatic N) is 2. The number of amides is 2. The molecule has 0 aromatic heterocycles. The predicted octanol–water partition coefficient (Wildman–Crippen LogP) is 3.42. The molecule has 0 saturated carbocycles. The Hall–Kier alpha value is -1.70. The van der Waals surface area contributed by atoms with Crippen molar-refractivity contribution in [1.82, 2.24) is 9.80 Å². The van der Waals surface area contributed by atoms with Crippen molar-refractivity contribution in [2.75, 3.05) is 26.2 Å². The molecule has 1 heterocycles. The number of ether oxygens (including phenoxy) is 1. The molecule has 1 aromatic carbocycles. The summed E-state index contributed by atoms with van der Waals surface area (Å²) in [5.74, 6) is -2.20. The molecule has 0 aliphatic carbocycles. The van der Waals surface area contributed by atoms with E-state index < -0.39 is 29.2 Å². The third-order valence-electron chi connectivity index (χ3n) is 3.46. The minimum Gasteiger partial charge on any atom is -0.444 e. The van der Waals surface area contributed by atoms with E-state index in [9.17, 15) is 18.4 Å². The van der Waals surface area contributed by atoms with Crippen LogP contribution < -0.4 is 0 Å². The summed E-state index contributed by atoms with van der Waals surface area (Å²) in [4.78, 5) is 27.3. The van der Waals surface area contributed by atoms with Crippen LogP contribution in [0.2, 0.25) is 0 Å². The summed E-state index contributed by atoms with van der Waals surface area (Å²) in [6.45, 7) is 6.44. The van der Waals surface area contributed by atoms with E-state index in [0.29, 0.717) is 19.2 Å². The topological polar surface area (TPSA) is 49.9 Å². The van der Waals surface area contributed by atoms with Crippen LogP contribution in [0.15, 0.2) is 16.6 Å². The molecule has 2 amide bonds.